The Morgan fingerprint density at radius 2 is 2.24 bits per heavy atom. The van der Waals surface area contributed by atoms with E-state index in [1.165, 1.54) is 12.8 Å². The van der Waals surface area contributed by atoms with Crippen LogP contribution in [0.15, 0.2) is 29.3 Å². The first-order valence-electron chi connectivity index (χ1n) is 6.64. The van der Waals surface area contributed by atoms with Gasteiger partial charge in [-0.3, -0.25) is 9.79 Å². The smallest absolute Gasteiger partial charge is 0.255 e. The molecular formula is C14H21IN4O2. The van der Waals surface area contributed by atoms with Gasteiger partial charge in [0.1, 0.15) is 5.75 Å². The van der Waals surface area contributed by atoms with Crippen LogP contribution in [0.4, 0.5) is 0 Å². The number of hydrogen-bond acceptors (Lipinski definition) is 3. The van der Waals surface area contributed by atoms with Crippen LogP contribution in [0.1, 0.15) is 18.4 Å². The summed E-state index contributed by atoms with van der Waals surface area (Å²) in [6, 6.07) is 8.09. The number of carbonyl (C=O) groups is 1. The highest BCUT2D eigenvalue weighted by Gasteiger charge is 2.21. The van der Waals surface area contributed by atoms with Crippen LogP contribution in [0.3, 0.4) is 0 Å². The largest absolute Gasteiger partial charge is 0.484 e. The molecule has 7 heteroatoms. The summed E-state index contributed by atoms with van der Waals surface area (Å²) >= 11 is 0. The third-order valence-corrected chi connectivity index (χ3v) is 2.88. The Balaban J connectivity index is 0.00000220. The summed E-state index contributed by atoms with van der Waals surface area (Å²) in [6.07, 6.45) is 2.41. The zero-order valence-corrected chi connectivity index (χ0v) is 14.3. The predicted molar refractivity (Wildman–Crippen MR) is 92.9 cm³/mol. The van der Waals surface area contributed by atoms with Crippen LogP contribution < -0.4 is 21.1 Å². The number of hydrogen-bond donors (Lipinski definition) is 3. The van der Waals surface area contributed by atoms with E-state index in [2.05, 4.69) is 15.6 Å². The number of halogens is 1. The summed E-state index contributed by atoms with van der Waals surface area (Å²) in [6.45, 7) is 0.530. The number of guanidine groups is 1. The number of benzene rings is 1. The molecule has 116 valence electrons. The average molecular weight is 404 g/mol. The Morgan fingerprint density at radius 3 is 2.86 bits per heavy atom. The minimum absolute atomic E-state index is 0. The summed E-state index contributed by atoms with van der Waals surface area (Å²) in [5.74, 6) is 0.951. The van der Waals surface area contributed by atoms with Gasteiger partial charge in [-0.1, -0.05) is 12.1 Å². The van der Waals surface area contributed by atoms with Gasteiger partial charge in [0, 0.05) is 19.6 Å². The molecule has 6 nitrogen and oxygen atoms in total. The molecule has 1 saturated carbocycles. The summed E-state index contributed by atoms with van der Waals surface area (Å²) in [4.78, 5) is 14.8. The third kappa shape index (κ3) is 6.65. The molecule has 0 bridgehead atoms. The lowest BCUT2D eigenvalue weighted by molar-refractivity contribution is -0.119. The van der Waals surface area contributed by atoms with Gasteiger partial charge < -0.3 is 21.1 Å². The first-order chi connectivity index (χ1) is 9.67. The van der Waals surface area contributed by atoms with Crippen molar-refractivity contribution in [3.05, 3.63) is 29.8 Å². The first kappa shape index (κ1) is 17.5. The van der Waals surface area contributed by atoms with Gasteiger partial charge in [-0.2, -0.15) is 0 Å². The SMILES string of the molecule is CN=C(NCc1cccc(OCC(N)=O)c1)NC1CC1.I. The normalized spacial score (nSPS) is 14.0. The van der Waals surface area contributed by atoms with Crippen LogP contribution in [0.2, 0.25) is 0 Å². The second-order valence-corrected chi connectivity index (χ2v) is 4.75. The van der Waals surface area contributed by atoms with Crippen molar-refractivity contribution in [1.29, 1.82) is 0 Å². The number of rotatable bonds is 6. The Hall–Kier alpha value is -1.51. The molecular weight excluding hydrogens is 383 g/mol. The number of nitrogens with zero attached hydrogens (tertiary/aromatic N) is 1. The van der Waals surface area contributed by atoms with E-state index in [1.54, 1.807) is 13.1 Å². The molecule has 0 unspecified atom stereocenters. The standard InChI is InChI=1S/C14H20N4O2.HI/c1-16-14(18-11-5-6-11)17-8-10-3-2-4-12(7-10)20-9-13(15)19;/h2-4,7,11H,5-6,8-9H2,1H3,(H2,15,19)(H2,16,17,18);1H. The molecule has 0 atom stereocenters. The van der Waals surface area contributed by atoms with Gasteiger partial charge in [-0.15, -0.1) is 24.0 Å². The minimum atomic E-state index is -0.484. The van der Waals surface area contributed by atoms with Crippen LogP contribution in [0, 0.1) is 0 Å². The third-order valence-electron chi connectivity index (χ3n) is 2.88. The fourth-order valence-electron chi connectivity index (χ4n) is 1.70. The predicted octanol–water partition coefficient (Wildman–Crippen LogP) is 0.996. The summed E-state index contributed by atoms with van der Waals surface area (Å²) in [5.41, 5.74) is 6.09. The maximum absolute atomic E-state index is 10.7. The van der Waals surface area contributed by atoms with Crippen molar-refractivity contribution in [2.75, 3.05) is 13.7 Å². The number of amides is 1. The number of nitrogens with two attached hydrogens (primary N) is 1. The number of ether oxygens (including phenoxy) is 1. The lowest BCUT2D eigenvalue weighted by Gasteiger charge is -2.12. The monoisotopic (exact) mass is 404 g/mol. The van der Waals surface area contributed by atoms with E-state index in [1.807, 2.05) is 18.2 Å². The fraction of sp³-hybridized carbons (Fsp3) is 0.429. The van der Waals surface area contributed by atoms with E-state index in [4.69, 9.17) is 10.5 Å². The molecule has 0 saturated heterocycles. The van der Waals surface area contributed by atoms with Crippen LogP contribution in [0.5, 0.6) is 5.75 Å². The Bertz CT molecular complexity index is 504. The number of aliphatic imine (C=N–C) groups is 1. The Kier molecular flexibility index (Phi) is 7.27. The molecule has 1 amide bonds. The van der Waals surface area contributed by atoms with Crippen molar-refractivity contribution >= 4 is 35.8 Å². The maximum atomic E-state index is 10.7. The molecule has 0 spiro atoms. The van der Waals surface area contributed by atoms with Crippen LogP contribution in [-0.4, -0.2) is 31.6 Å². The molecule has 0 aromatic heterocycles. The highest BCUT2D eigenvalue weighted by molar-refractivity contribution is 14.0. The number of nitrogens with one attached hydrogen (secondary N) is 2. The zero-order chi connectivity index (χ0) is 14.4. The molecule has 2 rings (SSSR count). The molecule has 1 aromatic rings. The average Bonchev–Trinajstić information content (AvgIpc) is 3.25. The highest BCUT2D eigenvalue weighted by Crippen LogP contribution is 2.18. The summed E-state index contributed by atoms with van der Waals surface area (Å²) in [7, 11) is 1.75. The molecule has 1 fully saturated rings. The quantitative estimate of drug-likeness (QED) is 0.375. The zero-order valence-electron chi connectivity index (χ0n) is 12.0. The Labute approximate surface area is 141 Å². The number of carbonyl (C=O) groups excluding carboxylic acids is 1. The van der Waals surface area contributed by atoms with Crippen molar-refractivity contribution in [2.24, 2.45) is 10.7 Å². The van der Waals surface area contributed by atoms with Gasteiger partial charge >= 0.3 is 0 Å². The molecule has 0 radical (unpaired) electrons. The molecule has 1 aromatic carbocycles. The van der Waals surface area contributed by atoms with Crippen molar-refractivity contribution in [3.63, 3.8) is 0 Å². The van der Waals surface area contributed by atoms with Crippen molar-refractivity contribution in [1.82, 2.24) is 10.6 Å². The van der Waals surface area contributed by atoms with E-state index in [0.29, 0.717) is 18.3 Å². The van der Waals surface area contributed by atoms with Crippen molar-refractivity contribution in [3.8, 4) is 5.75 Å². The van der Waals surface area contributed by atoms with Gasteiger partial charge in [-0.05, 0) is 30.5 Å². The van der Waals surface area contributed by atoms with Crippen molar-refractivity contribution < 1.29 is 9.53 Å². The van der Waals surface area contributed by atoms with Gasteiger partial charge in [0.25, 0.3) is 5.91 Å². The maximum Gasteiger partial charge on any atom is 0.255 e. The fourth-order valence-corrected chi connectivity index (χ4v) is 1.70. The second-order valence-electron chi connectivity index (χ2n) is 4.75. The molecule has 4 N–H and O–H groups in total. The van der Waals surface area contributed by atoms with E-state index < -0.39 is 5.91 Å². The lowest BCUT2D eigenvalue weighted by Crippen LogP contribution is -2.38. The van der Waals surface area contributed by atoms with Gasteiger partial charge in [0.15, 0.2) is 12.6 Å². The van der Waals surface area contributed by atoms with Gasteiger partial charge in [0.05, 0.1) is 0 Å². The topological polar surface area (TPSA) is 88.7 Å². The Morgan fingerprint density at radius 1 is 1.48 bits per heavy atom. The minimum Gasteiger partial charge on any atom is -0.484 e. The molecule has 0 aliphatic heterocycles. The second kappa shape index (κ2) is 8.71. The summed E-state index contributed by atoms with van der Waals surface area (Å²) < 4.78 is 5.27. The number of primary amides is 1. The van der Waals surface area contributed by atoms with Gasteiger partial charge in [0.2, 0.25) is 0 Å². The summed E-state index contributed by atoms with van der Waals surface area (Å²) in [5, 5.41) is 6.55. The van der Waals surface area contributed by atoms with E-state index in [-0.39, 0.29) is 30.6 Å². The molecule has 1 aliphatic carbocycles. The van der Waals surface area contributed by atoms with E-state index in [9.17, 15) is 4.79 Å². The molecule has 0 heterocycles. The molecule has 1 aliphatic rings. The van der Waals surface area contributed by atoms with Crippen LogP contribution in [-0.2, 0) is 11.3 Å². The lowest BCUT2D eigenvalue weighted by atomic mass is 10.2. The van der Waals surface area contributed by atoms with Crippen LogP contribution in [0.25, 0.3) is 0 Å². The van der Waals surface area contributed by atoms with E-state index >= 15 is 0 Å². The first-order valence-corrected chi connectivity index (χ1v) is 6.64. The molecule has 21 heavy (non-hydrogen) atoms. The van der Waals surface area contributed by atoms with Crippen molar-refractivity contribution in [2.45, 2.75) is 25.4 Å². The van der Waals surface area contributed by atoms with E-state index in [0.717, 1.165) is 11.5 Å². The highest BCUT2D eigenvalue weighted by atomic mass is 127. The van der Waals surface area contributed by atoms with Gasteiger partial charge in [-0.25, -0.2) is 0 Å². The van der Waals surface area contributed by atoms with Crippen LogP contribution >= 0.6 is 24.0 Å².